The summed E-state index contributed by atoms with van der Waals surface area (Å²) in [6.07, 6.45) is -16.1. The molecule has 3 heterocycles. The summed E-state index contributed by atoms with van der Waals surface area (Å²) in [6, 6.07) is 5.36. The summed E-state index contributed by atoms with van der Waals surface area (Å²) < 4.78 is 27.8. The highest BCUT2D eigenvalue weighted by Crippen LogP contribution is 2.40. The van der Waals surface area contributed by atoms with E-state index in [0.717, 1.165) is 24.3 Å². The first-order valence-electron chi connectivity index (χ1n) is 13.0. The van der Waals surface area contributed by atoms with Crippen molar-refractivity contribution >= 4 is 11.0 Å². The first-order chi connectivity index (χ1) is 20.3. The lowest BCUT2D eigenvalue weighted by atomic mass is 9.99. The highest BCUT2D eigenvalue weighted by molar-refractivity contribution is 5.88. The van der Waals surface area contributed by atoms with Crippen molar-refractivity contribution in [2.24, 2.45) is 0 Å². The van der Waals surface area contributed by atoms with Crippen LogP contribution in [-0.2, 0) is 9.47 Å². The number of aromatic hydroxyl groups is 3. The normalized spacial score (nSPS) is 32.9. The van der Waals surface area contributed by atoms with Crippen LogP contribution >= 0.6 is 0 Å². The summed E-state index contributed by atoms with van der Waals surface area (Å²) in [6.45, 7) is 0.649. The molecular formula is C27H30O16. The Hall–Kier alpha value is -3.71. The van der Waals surface area contributed by atoms with Crippen LogP contribution in [0.4, 0.5) is 0 Å². The van der Waals surface area contributed by atoms with Crippen LogP contribution in [0.1, 0.15) is 6.92 Å². The summed E-state index contributed by atoms with van der Waals surface area (Å²) in [7, 11) is 0. The quantitative estimate of drug-likeness (QED) is 0.144. The Morgan fingerprint density at radius 3 is 2.09 bits per heavy atom. The van der Waals surface area contributed by atoms with Gasteiger partial charge < -0.3 is 74.4 Å². The van der Waals surface area contributed by atoms with Gasteiger partial charge in [-0.2, -0.15) is 0 Å². The van der Waals surface area contributed by atoms with Crippen molar-refractivity contribution in [2.45, 2.75) is 68.3 Å². The minimum atomic E-state index is -1.84. The van der Waals surface area contributed by atoms with Gasteiger partial charge in [0.15, 0.2) is 17.3 Å². The Morgan fingerprint density at radius 2 is 1.42 bits per heavy atom. The van der Waals surface area contributed by atoms with Crippen molar-refractivity contribution < 1.29 is 74.4 Å². The van der Waals surface area contributed by atoms with Crippen LogP contribution in [0.15, 0.2) is 39.5 Å². The number of ether oxygens (including phenoxy) is 4. The maximum atomic E-state index is 13.6. The maximum absolute atomic E-state index is 13.6. The van der Waals surface area contributed by atoms with E-state index < -0.39 is 113 Å². The van der Waals surface area contributed by atoms with Crippen molar-refractivity contribution in [1.29, 1.82) is 0 Å². The molecule has 0 amide bonds. The van der Waals surface area contributed by atoms with E-state index in [-0.39, 0.29) is 11.1 Å². The van der Waals surface area contributed by atoms with E-state index >= 15 is 0 Å². The molecule has 0 saturated carbocycles. The second-order valence-corrected chi connectivity index (χ2v) is 10.2. The van der Waals surface area contributed by atoms with Gasteiger partial charge in [0.1, 0.15) is 65.2 Å². The minimum absolute atomic E-state index is 0.0480. The van der Waals surface area contributed by atoms with Gasteiger partial charge in [0.05, 0.1) is 12.7 Å². The summed E-state index contributed by atoms with van der Waals surface area (Å²) in [5, 5.41) is 101. The van der Waals surface area contributed by atoms with Gasteiger partial charge in [0.25, 0.3) is 0 Å². The number of phenols is 3. The molecule has 2 aliphatic rings. The molecule has 0 bridgehead atoms. The van der Waals surface area contributed by atoms with E-state index in [9.17, 15) is 55.9 Å². The van der Waals surface area contributed by atoms with Crippen molar-refractivity contribution in [3.8, 4) is 40.1 Å². The molecule has 16 nitrogen and oxygen atoms in total. The number of benzene rings is 2. The average Bonchev–Trinajstić information content (AvgIpc) is 2.96. The zero-order valence-corrected chi connectivity index (χ0v) is 22.3. The van der Waals surface area contributed by atoms with Gasteiger partial charge in [-0.05, 0) is 25.1 Å². The fraction of sp³-hybridized carbons (Fsp3) is 0.444. The van der Waals surface area contributed by atoms with Crippen LogP contribution in [-0.4, -0.2) is 119 Å². The zero-order chi connectivity index (χ0) is 31.3. The second-order valence-electron chi connectivity index (χ2n) is 10.2. The number of fused-ring (bicyclic) bond motifs is 1. The molecule has 43 heavy (non-hydrogen) atoms. The highest BCUT2D eigenvalue weighted by atomic mass is 16.7. The first-order valence-corrected chi connectivity index (χ1v) is 13.0. The van der Waals surface area contributed by atoms with Gasteiger partial charge in [-0.3, -0.25) is 4.79 Å². The Morgan fingerprint density at radius 1 is 0.767 bits per heavy atom. The first kappa shape index (κ1) is 30.7. The van der Waals surface area contributed by atoms with Gasteiger partial charge in [-0.15, -0.1) is 0 Å². The van der Waals surface area contributed by atoms with Gasteiger partial charge >= 0.3 is 0 Å². The molecule has 2 aliphatic heterocycles. The smallest absolute Gasteiger partial charge is 0.239 e. The lowest BCUT2D eigenvalue weighted by Gasteiger charge is -2.39. The maximum Gasteiger partial charge on any atom is 0.239 e. The molecule has 0 aliphatic carbocycles. The number of hydrogen-bond donors (Lipinski definition) is 10. The van der Waals surface area contributed by atoms with Crippen LogP contribution in [0.25, 0.3) is 22.3 Å². The van der Waals surface area contributed by atoms with Gasteiger partial charge in [-0.25, -0.2) is 0 Å². The lowest BCUT2D eigenvalue weighted by Crippen LogP contribution is -2.60. The third-order valence-corrected chi connectivity index (χ3v) is 7.27. The Kier molecular flexibility index (Phi) is 8.41. The summed E-state index contributed by atoms with van der Waals surface area (Å²) in [4.78, 5) is 13.6. The number of aliphatic hydroxyl groups excluding tert-OH is 7. The van der Waals surface area contributed by atoms with E-state index in [1.165, 1.54) is 13.0 Å². The molecule has 0 spiro atoms. The van der Waals surface area contributed by atoms with E-state index in [1.807, 2.05) is 0 Å². The summed E-state index contributed by atoms with van der Waals surface area (Å²) in [5.74, 6) is -3.09. The van der Waals surface area contributed by atoms with Gasteiger partial charge in [-0.1, -0.05) is 0 Å². The van der Waals surface area contributed by atoms with Crippen molar-refractivity contribution in [3.63, 3.8) is 0 Å². The molecule has 10 unspecified atom stereocenters. The van der Waals surface area contributed by atoms with Crippen molar-refractivity contribution in [2.75, 3.05) is 6.61 Å². The van der Waals surface area contributed by atoms with Gasteiger partial charge in [0, 0.05) is 17.7 Å². The van der Waals surface area contributed by atoms with Crippen molar-refractivity contribution in [3.05, 3.63) is 40.6 Å². The van der Waals surface area contributed by atoms with Crippen LogP contribution in [0, 0.1) is 0 Å². The van der Waals surface area contributed by atoms with Crippen LogP contribution in [0.5, 0.6) is 28.7 Å². The number of aliphatic hydroxyl groups is 7. The lowest BCUT2D eigenvalue weighted by molar-refractivity contribution is -0.277. The molecule has 10 atom stereocenters. The molecule has 2 saturated heterocycles. The van der Waals surface area contributed by atoms with E-state index in [1.54, 1.807) is 0 Å². The fourth-order valence-corrected chi connectivity index (χ4v) is 4.83. The Bertz CT molecular complexity index is 1540. The zero-order valence-electron chi connectivity index (χ0n) is 22.3. The summed E-state index contributed by atoms with van der Waals surface area (Å²) in [5.41, 5.74) is -1.35. The molecule has 16 heteroatoms. The van der Waals surface area contributed by atoms with E-state index in [0.29, 0.717) is 0 Å². The molecule has 10 N–H and O–H groups in total. The Labute approximate surface area is 241 Å². The predicted octanol–water partition coefficient (Wildman–Crippen LogP) is -2.04. The molecule has 0 radical (unpaired) electrons. The SMILES string of the molecule is CC1OC(Oc2c(-c3ccc(O)c(OC4OC(CO)C(O)C(O)C4O)c3)oc3cc(O)cc(O)c3c2=O)C(O)C(O)C1O. The molecule has 2 aromatic carbocycles. The number of phenolic OH excluding ortho intramolecular Hbond substituents is 3. The van der Waals surface area contributed by atoms with E-state index in [4.69, 9.17) is 23.4 Å². The van der Waals surface area contributed by atoms with E-state index in [2.05, 4.69) is 0 Å². The Balaban J connectivity index is 1.60. The molecule has 2 fully saturated rings. The topological polar surface area (TPSA) is 269 Å². The predicted molar refractivity (Wildman–Crippen MR) is 140 cm³/mol. The number of rotatable bonds is 6. The number of hydrogen-bond acceptors (Lipinski definition) is 16. The van der Waals surface area contributed by atoms with Crippen LogP contribution in [0.3, 0.4) is 0 Å². The molecule has 3 aromatic rings. The molecule has 234 valence electrons. The molecule has 1 aromatic heterocycles. The average molecular weight is 611 g/mol. The highest BCUT2D eigenvalue weighted by Gasteiger charge is 2.46. The summed E-state index contributed by atoms with van der Waals surface area (Å²) >= 11 is 0. The van der Waals surface area contributed by atoms with Crippen molar-refractivity contribution in [1.82, 2.24) is 0 Å². The third-order valence-electron chi connectivity index (χ3n) is 7.27. The third kappa shape index (κ3) is 5.55. The standard InChI is InChI=1S/C27H30O16/c1-8-17(32)20(35)22(37)26(39-8)43-25-19(34)16-12(31)5-10(29)6-14(16)40-24(25)9-2-3-11(30)13(4-9)41-27-23(38)21(36)18(33)15(7-28)42-27/h2-6,8,15,17-18,20-23,26-33,35-38H,7H2,1H3. The van der Waals surface area contributed by atoms with Crippen LogP contribution in [0.2, 0.25) is 0 Å². The fourth-order valence-electron chi connectivity index (χ4n) is 4.83. The largest absolute Gasteiger partial charge is 0.508 e. The van der Waals surface area contributed by atoms with Gasteiger partial charge in [0.2, 0.25) is 23.8 Å². The second kappa shape index (κ2) is 11.8. The molecule has 5 rings (SSSR count). The minimum Gasteiger partial charge on any atom is -0.508 e. The monoisotopic (exact) mass is 610 g/mol. The van der Waals surface area contributed by atoms with Crippen LogP contribution < -0.4 is 14.9 Å². The molecular weight excluding hydrogens is 580 g/mol.